The second-order valence-electron chi connectivity index (χ2n) is 5.27. The Morgan fingerprint density at radius 1 is 1.35 bits per heavy atom. The largest absolute Gasteiger partial charge is 0.501 e. The maximum Gasteiger partial charge on any atom is 0.501 e. The molecule has 1 aromatic rings. The lowest BCUT2D eigenvalue weighted by Gasteiger charge is -2.19. The van der Waals surface area contributed by atoms with Gasteiger partial charge in [0.2, 0.25) is 5.91 Å². The van der Waals surface area contributed by atoms with Gasteiger partial charge in [0, 0.05) is 25.6 Å². The van der Waals surface area contributed by atoms with Crippen LogP contribution in [0.4, 0.5) is 18.9 Å². The Labute approximate surface area is 132 Å². The van der Waals surface area contributed by atoms with E-state index in [2.05, 4.69) is 5.32 Å². The summed E-state index contributed by atoms with van der Waals surface area (Å²) in [4.78, 5) is 12.4. The summed E-state index contributed by atoms with van der Waals surface area (Å²) < 4.78 is 61.5. The number of hydrogen-bond acceptors (Lipinski definition) is 4. The van der Waals surface area contributed by atoms with Crippen LogP contribution in [0.5, 0.6) is 0 Å². The van der Waals surface area contributed by atoms with Crippen molar-refractivity contribution in [2.24, 2.45) is 0 Å². The maximum absolute atomic E-state index is 12.8. The maximum atomic E-state index is 12.8. The number of likely N-dealkylation sites (tertiary alicyclic amines) is 1. The van der Waals surface area contributed by atoms with Crippen molar-refractivity contribution in [2.45, 2.75) is 36.2 Å². The molecule has 0 radical (unpaired) electrons. The van der Waals surface area contributed by atoms with Crippen LogP contribution in [0.25, 0.3) is 0 Å². The zero-order valence-electron chi connectivity index (χ0n) is 12.4. The molecule has 1 fully saturated rings. The zero-order chi connectivity index (χ0) is 17.3. The van der Waals surface area contributed by atoms with Crippen molar-refractivity contribution in [1.29, 1.82) is 0 Å². The van der Waals surface area contributed by atoms with Gasteiger partial charge in [-0.25, -0.2) is 8.42 Å². The Balaban J connectivity index is 2.22. The second-order valence-corrected chi connectivity index (χ2v) is 7.18. The van der Waals surface area contributed by atoms with Crippen LogP contribution in [0, 0.1) is 0 Å². The topological polar surface area (TPSA) is 66.5 Å². The van der Waals surface area contributed by atoms with E-state index in [0.29, 0.717) is 25.9 Å². The minimum Gasteiger partial charge on any atom is -0.379 e. The van der Waals surface area contributed by atoms with Gasteiger partial charge in [0.05, 0.1) is 10.6 Å². The van der Waals surface area contributed by atoms with E-state index in [4.69, 9.17) is 0 Å². The van der Waals surface area contributed by atoms with E-state index in [1.165, 1.54) is 18.2 Å². The quantitative estimate of drug-likeness (QED) is 0.906. The molecule has 1 unspecified atom stereocenters. The molecule has 1 aliphatic rings. The Hall–Kier alpha value is -1.77. The van der Waals surface area contributed by atoms with E-state index in [9.17, 15) is 26.4 Å². The lowest BCUT2D eigenvalue weighted by molar-refractivity contribution is -0.129. The SMILES string of the molecule is CCC(=O)N1CCC(Nc2ccccc2S(=O)(=O)C(F)(F)F)C1. The van der Waals surface area contributed by atoms with Crippen molar-refractivity contribution >= 4 is 21.4 Å². The number of alkyl halides is 3. The Kier molecular flexibility index (Phi) is 4.88. The van der Waals surface area contributed by atoms with Gasteiger partial charge < -0.3 is 10.2 Å². The van der Waals surface area contributed by atoms with Gasteiger partial charge in [0.25, 0.3) is 9.84 Å². The van der Waals surface area contributed by atoms with Crippen LogP contribution in [0.2, 0.25) is 0 Å². The summed E-state index contributed by atoms with van der Waals surface area (Å²) in [6, 6.07) is 4.64. The van der Waals surface area contributed by atoms with Crippen molar-refractivity contribution in [1.82, 2.24) is 4.90 Å². The molecular weight excluding hydrogens is 333 g/mol. The fraction of sp³-hybridized carbons (Fsp3) is 0.500. The molecule has 0 saturated carbocycles. The number of nitrogens with zero attached hydrogens (tertiary/aromatic N) is 1. The van der Waals surface area contributed by atoms with E-state index >= 15 is 0 Å². The van der Waals surface area contributed by atoms with Crippen molar-refractivity contribution in [3.05, 3.63) is 24.3 Å². The van der Waals surface area contributed by atoms with Crippen molar-refractivity contribution in [3.63, 3.8) is 0 Å². The number of nitrogens with one attached hydrogen (secondary N) is 1. The van der Waals surface area contributed by atoms with Crippen molar-refractivity contribution in [3.8, 4) is 0 Å². The highest BCUT2D eigenvalue weighted by Crippen LogP contribution is 2.34. The van der Waals surface area contributed by atoms with Gasteiger partial charge in [-0.2, -0.15) is 13.2 Å². The average Bonchev–Trinajstić information content (AvgIpc) is 2.94. The van der Waals surface area contributed by atoms with Gasteiger partial charge in [-0.15, -0.1) is 0 Å². The third-order valence-electron chi connectivity index (χ3n) is 3.68. The second kappa shape index (κ2) is 6.38. The zero-order valence-corrected chi connectivity index (χ0v) is 13.2. The minimum absolute atomic E-state index is 0.0366. The van der Waals surface area contributed by atoms with Gasteiger partial charge in [0.15, 0.2) is 0 Å². The molecule has 1 atom stereocenters. The van der Waals surface area contributed by atoms with E-state index in [1.807, 2.05) is 0 Å². The van der Waals surface area contributed by atoms with Crippen molar-refractivity contribution in [2.75, 3.05) is 18.4 Å². The van der Waals surface area contributed by atoms with E-state index < -0.39 is 20.2 Å². The highest BCUT2D eigenvalue weighted by molar-refractivity contribution is 7.92. The fourth-order valence-corrected chi connectivity index (χ4v) is 3.42. The first-order valence-electron chi connectivity index (χ1n) is 7.11. The molecule has 1 aliphatic heterocycles. The lowest BCUT2D eigenvalue weighted by Crippen LogP contribution is -2.31. The summed E-state index contributed by atoms with van der Waals surface area (Å²) in [5.41, 5.74) is -5.45. The third kappa shape index (κ3) is 3.60. The van der Waals surface area contributed by atoms with Crippen LogP contribution < -0.4 is 5.32 Å². The summed E-state index contributed by atoms with van der Waals surface area (Å²) in [5.74, 6) is -0.0366. The molecule has 1 amide bonds. The monoisotopic (exact) mass is 350 g/mol. The summed E-state index contributed by atoms with van der Waals surface area (Å²) in [6.07, 6.45) is 0.901. The van der Waals surface area contributed by atoms with Crippen LogP contribution in [-0.4, -0.2) is 43.9 Å². The normalized spacial score (nSPS) is 19.0. The number of halogens is 3. The minimum atomic E-state index is -5.43. The van der Waals surface area contributed by atoms with Gasteiger partial charge in [-0.3, -0.25) is 4.79 Å². The molecule has 0 spiro atoms. The van der Waals surface area contributed by atoms with E-state index in [1.54, 1.807) is 11.8 Å². The number of para-hydroxylation sites is 1. The van der Waals surface area contributed by atoms with Gasteiger partial charge in [-0.05, 0) is 18.6 Å². The number of sulfone groups is 1. The standard InChI is InChI=1S/C14H17F3N2O3S/c1-2-13(20)19-8-7-10(9-19)18-11-5-3-4-6-12(11)23(21,22)14(15,16)17/h3-6,10,18H,2,7-9H2,1H3. The van der Waals surface area contributed by atoms with E-state index in [0.717, 1.165) is 6.07 Å². The highest BCUT2D eigenvalue weighted by Gasteiger charge is 2.48. The summed E-state index contributed by atoms with van der Waals surface area (Å²) in [5, 5.41) is 2.82. The molecule has 1 saturated heterocycles. The predicted molar refractivity (Wildman–Crippen MR) is 78.6 cm³/mol. The molecule has 1 heterocycles. The average molecular weight is 350 g/mol. The molecule has 0 aromatic heterocycles. The smallest absolute Gasteiger partial charge is 0.379 e. The Morgan fingerprint density at radius 3 is 2.61 bits per heavy atom. The third-order valence-corrected chi connectivity index (χ3v) is 5.23. The molecule has 23 heavy (non-hydrogen) atoms. The van der Waals surface area contributed by atoms with E-state index in [-0.39, 0.29) is 17.6 Å². The van der Waals surface area contributed by atoms with Gasteiger partial charge in [-0.1, -0.05) is 19.1 Å². The molecule has 128 valence electrons. The first-order valence-corrected chi connectivity index (χ1v) is 8.60. The Bertz CT molecular complexity index is 689. The number of hydrogen-bond donors (Lipinski definition) is 1. The van der Waals surface area contributed by atoms with Crippen molar-refractivity contribution < 1.29 is 26.4 Å². The molecule has 0 aliphatic carbocycles. The first kappa shape index (κ1) is 17.6. The highest BCUT2D eigenvalue weighted by atomic mass is 32.2. The summed E-state index contributed by atoms with van der Waals surface area (Å²) >= 11 is 0. The summed E-state index contributed by atoms with van der Waals surface area (Å²) in [7, 11) is -5.43. The fourth-order valence-electron chi connectivity index (χ4n) is 2.49. The van der Waals surface area contributed by atoms with Gasteiger partial charge in [0.1, 0.15) is 0 Å². The molecule has 2 rings (SSSR count). The van der Waals surface area contributed by atoms with Crippen LogP contribution >= 0.6 is 0 Å². The molecule has 1 aromatic carbocycles. The molecule has 0 bridgehead atoms. The lowest BCUT2D eigenvalue weighted by atomic mass is 10.2. The Morgan fingerprint density at radius 2 is 2.00 bits per heavy atom. The first-order chi connectivity index (χ1) is 10.7. The van der Waals surface area contributed by atoms with Crippen LogP contribution in [-0.2, 0) is 14.6 Å². The molecule has 9 heteroatoms. The molecule has 5 nitrogen and oxygen atoms in total. The molecular formula is C14H17F3N2O3S. The number of carbonyl (C=O) groups excluding carboxylic acids is 1. The molecule has 1 N–H and O–H groups in total. The number of rotatable bonds is 4. The number of amides is 1. The predicted octanol–water partition coefficient (Wildman–Crippen LogP) is 2.40. The van der Waals surface area contributed by atoms with Crippen LogP contribution in [0.3, 0.4) is 0 Å². The number of carbonyl (C=O) groups is 1. The summed E-state index contributed by atoms with van der Waals surface area (Å²) in [6.45, 7) is 2.57. The number of anilines is 1. The van der Waals surface area contributed by atoms with Crippen LogP contribution in [0.1, 0.15) is 19.8 Å². The van der Waals surface area contributed by atoms with Gasteiger partial charge >= 0.3 is 5.51 Å². The number of benzene rings is 1. The van der Waals surface area contributed by atoms with Crippen LogP contribution in [0.15, 0.2) is 29.2 Å².